The van der Waals surface area contributed by atoms with Gasteiger partial charge in [0.1, 0.15) is 0 Å². The maximum absolute atomic E-state index is 4.46. The molecule has 2 aromatic rings. The fourth-order valence-corrected chi connectivity index (χ4v) is 2.06. The fourth-order valence-electron chi connectivity index (χ4n) is 2.06. The van der Waals surface area contributed by atoms with Crippen LogP contribution in [-0.2, 0) is 5.41 Å². The lowest BCUT2D eigenvalue weighted by Crippen LogP contribution is -2.14. The lowest BCUT2D eigenvalue weighted by atomic mass is 9.86. The van der Waals surface area contributed by atoms with Gasteiger partial charge in [0.2, 0.25) is 0 Å². The minimum Gasteiger partial charge on any atom is -0.351 e. The van der Waals surface area contributed by atoms with Crippen molar-refractivity contribution in [1.29, 1.82) is 0 Å². The molecule has 80 valence electrons. The van der Waals surface area contributed by atoms with Gasteiger partial charge in [0.15, 0.2) is 0 Å². The van der Waals surface area contributed by atoms with Gasteiger partial charge in [0, 0.05) is 23.4 Å². The predicted molar refractivity (Wildman–Crippen MR) is 65.2 cm³/mol. The summed E-state index contributed by atoms with van der Waals surface area (Å²) in [6.45, 7) is 4.35. The van der Waals surface area contributed by atoms with Gasteiger partial charge < -0.3 is 4.98 Å². The van der Waals surface area contributed by atoms with Crippen LogP contribution in [0.3, 0.4) is 0 Å². The first-order valence-corrected chi connectivity index (χ1v) is 5.36. The van der Waals surface area contributed by atoms with Crippen LogP contribution >= 0.6 is 0 Å². The molecule has 0 saturated carbocycles. The Balaban J connectivity index is 2.12. The van der Waals surface area contributed by atoms with E-state index in [1.54, 1.807) is 6.33 Å². The van der Waals surface area contributed by atoms with Crippen LogP contribution in [0.5, 0.6) is 0 Å². The van der Waals surface area contributed by atoms with E-state index in [-0.39, 0.29) is 5.41 Å². The number of hydrogen-bond donors (Lipinski definition) is 1. The highest BCUT2D eigenvalue weighted by atomic mass is 14.9. The second kappa shape index (κ2) is 3.04. The molecule has 0 atom stereocenters. The molecule has 16 heavy (non-hydrogen) atoms. The van der Waals surface area contributed by atoms with Crippen molar-refractivity contribution in [2.45, 2.75) is 19.3 Å². The van der Waals surface area contributed by atoms with Gasteiger partial charge in [0.25, 0.3) is 0 Å². The molecular formula is C13H13N3. The molecule has 1 aromatic heterocycles. The highest BCUT2D eigenvalue weighted by Gasteiger charge is 2.26. The number of rotatable bonds is 1. The summed E-state index contributed by atoms with van der Waals surface area (Å²) < 4.78 is 0. The lowest BCUT2D eigenvalue weighted by Gasteiger charge is -2.15. The SMILES string of the molecule is CC1(C)C=Nc2cc(-c3c[nH]cn3)ccc21. The zero-order valence-corrected chi connectivity index (χ0v) is 9.36. The Bertz CT molecular complexity index is 551. The van der Waals surface area contributed by atoms with Gasteiger partial charge in [-0.2, -0.15) is 0 Å². The van der Waals surface area contributed by atoms with E-state index >= 15 is 0 Å². The number of nitrogens with zero attached hydrogens (tertiary/aromatic N) is 2. The van der Waals surface area contributed by atoms with Crippen LogP contribution in [0.1, 0.15) is 19.4 Å². The Kier molecular flexibility index (Phi) is 1.78. The summed E-state index contributed by atoms with van der Waals surface area (Å²) in [6, 6.07) is 6.34. The van der Waals surface area contributed by atoms with Crippen LogP contribution in [0.4, 0.5) is 5.69 Å². The molecule has 1 aliphatic heterocycles. The van der Waals surface area contributed by atoms with Crippen LogP contribution in [0.25, 0.3) is 11.3 Å². The molecule has 0 bridgehead atoms. The Morgan fingerprint density at radius 3 is 2.88 bits per heavy atom. The van der Waals surface area contributed by atoms with E-state index in [0.717, 1.165) is 16.9 Å². The molecule has 3 nitrogen and oxygen atoms in total. The van der Waals surface area contributed by atoms with Gasteiger partial charge in [0.05, 0.1) is 17.7 Å². The van der Waals surface area contributed by atoms with Crippen molar-refractivity contribution >= 4 is 11.9 Å². The summed E-state index contributed by atoms with van der Waals surface area (Å²) in [4.78, 5) is 11.7. The Morgan fingerprint density at radius 1 is 1.25 bits per heavy atom. The Hall–Kier alpha value is -1.90. The fraction of sp³-hybridized carbons (Fsp3) is 0.231. The van der Waals surface area contributed by atoms with E-state index in [0.29, 0.717) is 0 Å². The maximum Gasteiger partial charge on any atom is 0.0927 e. The van der Waals surface area contributed by atoms with Gasteiger partial charge in [-0.05, 0) is 11.6 Å². The molecule has 2 heterocycles. The molecule has 0 saturated heterocycles. The van der Waals surface area contributed by atoms with Gasteiger partial charge in [-0.25, -0.2) is 4.98 Å². The third kappa shape index (κ3) is 1.28. The van der Waals surface area contributed by atoms with Gasteiger partial charge >= 0.3 is 0 Å². The van der Waals surface area contributed by atoms with E-state index < -0.39 is 0 Å². The van der Waals surface area contributed by atoms with Gasteiger partial charge in [-0.1, -0.05) is 26.0 Å². The molecule has 0 radical (unpaired) electrons. The molecule has 0 spiro atoms. The van der Waals surface area contributed by atoms with Crippen molar-refractivity contribution in [2.75, 3.05) is 0 Å². The van der Waals surface area contributed by atoms with Crippen LogP contribution in [0, 0.1) is 0 Å². The number of nitrogens with one attached hydrogen (secondary N) is 1. The number of benzene rings is 1. The minimum absolute atomic E-state index is 0.0550. The lowest BCUT2D eigenvalue weighted by molar-refractivity contribution is 0.753. The summed E-state index contributed by atoms with van der Waals surface area (Å²) in [7, 11) is 0. The van der Waals surface area contributed by atoms with Gasteiger partial charge in [-0.15, -0.1) is 0 Å². The zero-order valence-electron chi connectivity index (χ0n) is 9.36. The smallest absolute Gasteiger partial charge is 0.0927 e. The van der Waals surface area contributed by atoms with Crippen molar-refractivity contribution in [3.8, 4) is 11.3 Å². The van der Waals surface area contributed by atoms with Crippen LogP contribution in [-0.4, -0.2) is 16.2 Å². The first kappa shape index (κ1) is 9.33. The number of H-pyrrole nitrogens is 1. The second-order valence-corrected chi connectivity index (χ2v) is 4.67. The third-order valence-electron chi connectivity index (χ3n) is 3.01. The summed E-state index contributed by atoms with van der Waals surface area (Å²) in [5.74, 6) is 0. The van der Waals surface area contributed by atoms with Crippen molar-refractivity contribution in [3.63, 3.8) is 0 Å². The minimum atomic E-state index is 0.0550. The third-order valence-corrected chi connectivity index (χ3v) is 3.01. The molecule has 1 aliphatic rings. The van der Waals surface area contributed by atoms with E-state index in [1.165, 1.54) is 5.56 Å². The molecular weight excluding hydrogens is 198 g/mol. The van der Waals surface area contributed by atoms with E-state index in [2.05, 4.69) is 47.0 Å². The summed E-state index contributed by atoms with van der Waals surface area (Å²) in [6.07, 6.45) is 5.59. The molecule has 1 aromatic carbocycles. The Labute approximate surface area is 94.3 Å². The molecule has 3 heteroatoms. The molecule has 3 rings (SSSR count). The monoisotopic (exact) mass is 211 g/mol. The highest BCUT2D eigenvalue weighted by molar-refractivity contribution is 5.85. The first-order chi connectivity index (χ1) is 7.67. The van der Waals surface area contributed by atoms with E-state index in [1.807, 2.05) is 12.4 Å². The normalized spacial score (nSPS) is 16.4. The largest absolute Gasteiger partial charge is 0.351 e. The molecule has 1 N–H and O–H groups in total. The second-order valence-electron chi connectivity index (χ2n) is 4.67. The molecule has 0 unspecified atom stereocenters. The van der Waals surface area contributed by atoms with Crippen molar-refractivity contribution in [2.24, 2.45) is 4.99 Å². The maximum atomic E-state index is 4.46. The number of fused-ring (bicyclic) bond motifs is 1. The topological polar surface area (TPSA) is 41.0 Å². The predicted octanol–water partition coefficient (Wildman–Crippen LogP) is 3.07. The van der Waals surface area contributed by atoms with Crippen molar-refractivity contribution in [3.05, 3.63) is 36.3 Å². The quantitative estimate of drug-likeness (QED) is 0.773. The standard InChI is InChI=1S/C13H13N3/c1-13(2)7-15-11-5-9(3-4-10(11)13)12-6-14-8-16-12/h3-8H,1-2H3,(H,14,16). The van der Waals surface area contributed by atoms with Crippen molar-refractivity contribution < 1.29 is 0 Å². The highest BCUT2D eigenvalue weighted by Crippen LogP contribution is 2.38. The molecule has 0 fully saturated rings. The molecule has 0 aliphatic carbocycles. The van der Waals surface area contributed by atoms with Crippen LogP contribution in [0.2, 0.25) is 0 Å². The number of aromatic nitrogens is 2. The van der Waals surface area contributed by atoms with E-state index in [9.17, 15) is 0 Å². The zero-order chi connectivity index (χ0) is 11.2. The van der Waals surface area contributed by atoms with Crippen LogP contribution in [0.15, 0.2) is 35.7 Å². The number of imidazole rings is 1. The molecule has 0 amide bonds. The van der Waals surface area contributed by atoms with Gasteiger partial charge in [-0.3, -0.25) is 4.99 Å². The van der Waals surface area contributed by atoms with Crippen LogP contribution < -0.4 is 0 Å². The van der Waals surface area contributed by atoms with E-state index in [4.69, 9.17) is 0 Å². The van der Waals surface area contributed by atoms with Crippen molar-refractivity contribution in [1.82, 2.24) is 9.97 Å². The average Bonchev–Trinajstić information content (AvgIpc) is 2.87. The summed E-state index contributed by atoms with van der Waals surface area (Å²) in [5.41, 5.74) is 4.47. The first-order valence-electron chi connectivity index (χ1n) is 5.36. The number of aromatic amines is 1. The summed E-state index contributed by atoms with van der Waals surface area (Å²) >= 11 is 0. The number of hydrogen-bond acceptors (Lipinski definition) is 2. The number of aliphatic imine (C=N–C) groups is 1. The summed E-state index contributed by atoms with van der Waals surface area (Å²) in [5, 5.41) is 0. The Morgan fingerprint density at radius 2 is 2.12 bits per heavy atom. The average molecular weight is 211 g/mol.